The summed E-state index contributed by atoms with van der Waals surface area (Å²) in [7, 11) is 0. The third-order valence-electron chi connectivity index (χ3n) is 2.14. The van der Waals surface area contributed by atoms with Gasteiger partial charge in [0.1, 0.15) is 6.20 Å². The fraction of sp³-hybridized carbons (Fsp3) is 0.429. The van der Waals surface area contributed by atoms with Crippen LogP contribution in [0.3, 0.4) is 0 Å². The van der Waals surface area contributed by atoms with Crippen molar-refractivity contribution in [2.24, 2.45) is 0 Å². The molecule has 0 fully saturated rings. The maximum atomic E-state index is 10.7. The summed E-state index contributed by atoms with van der Waals surface area (Å²) in [4.78, 5) is 14.1. The fourth-order valence-corrected chi connectivity index (χ4v) is 1.35. The lowest BCUT2D eigenvalue weighted by atomic mass is 10.4. The molecule has 2 aromatic rings. The quantitative estimate of drug-likeness (QED) is 0.505. The molecule has 84 valence electrons. The molecule has 0 N–H and O–H groups in total. The summed E-state index contributed by atoms with van der Waals surface area (Å²) < 4.78 is 1.50. The molecule has 0 saturated carbocycles. The van der Waals surface area contributed by atoms with Gasteiger partial charge < -0.3 is 15.2 Å². The molecule has 0 aliphatic rings. The number of tetrazole rings is 1. The van der Waals surface area contributed by atoms with E-state index in [1.54, 1.807) is 6.92 Å². The van der Waals surface area contributed by atoms with Crippen molar-refractivity contribution in [2.45, 2.75) is 19.9 Å². The molecule has 2 aromatic heterocycles. The SMILES string of the molecule is Cc1ncc([N+](=O)[O-])n1CCc1nnn[n-]1. The normalized spacial score (nSPS) is 10.6. The van der Waals surface area contributed by atoms with E-state index in [1.165, 1.54) is 10.8 Å². The molecule has 9 nitrogen and oxygen atoms in total. The van der Waals surface area contributed by atoms with Crippen molar-refractivity contribution in [1.82, 2.24) is 30.2 Å². The third kappa shape index (κ3) is 1.87. The number of rotatable bonds is 4. The van der Waals surface area contributed by atoms with Crippen molar-refractivity contribution in [3.8, 4) is 0 Å². The van der Waals surface area contributed by atoms with E-state index in [9.17, 15) is 10.1 Å². The fourth-order valence-electron chi connectivity index (χ4n) is 1.35. The minimum Gasteiger partial charge on any atom is -0.358 e. The van der Waals surface area contributed by atoms with Gasteiger partial charge >= 0.3 is 5.82 Å². The van der Waals surface area contributed by atoms with Gasteiger partial charge in [-0.3, -0.25) is 10.3 Å². The van der Waals surface area contributed by atoms with Crippen LogP contribution in [-0.4, -0.2) is 30.0 Å². The van der Waals surface area contributed by atoms with Crippen molar-refractivity contribution in [2.75, 3.05) is 0 Å². The van der Waals surface area contributed by atoms with E-state index in [0.717, 1.165) is 0 Å². The largest absolute Gasteiger partial charge is 0.358 e. The zero-order valence-corrected chi connectivity index (χ0v) is 8.44. The summed E-state index contributed by atoms with van der Waals surface area (Å²) >= 11 is 0. The number of nitrogens with zero attached hydrogens (tertiary/aromatic N) is 7. The molecular weight excluding hydrogens is 214 g/mol. The highest BCUT2D eigenvalue weighted by molar-refractivity contribution is 5.18. The first-order chi connectivity index (χ1) is 7.68. The van der Waals surface area contributed by atoms with Gasteiger partial charge in [-0.25, -0.2) is 9.55 Å². The van der Waals surface area contributed by atoms with Crippen molar-refractivity contribution >= 4 is 5.82 Å². The minimum atomic E-state index is -0.470. The van der Waals surface area contributed by atoms with Crippen molar-refractivity contribution in [3.05, 3.63) is 28.0 Å². The van der Waals surface area contributed by atoms with Crippen LogP contribution in [0.1, 0.15) is 11.6 Å². The van der Waals surface area contributed by atoms with E-state index in [-0.39, 0.29) is 5.82 Å². The van der Waals surface area contributed by atoms with Crippen LogP contribution in [0, 0.1) is 17.0 Å². The number of aryl methyl sites for hydroxylation is 2. The molecule has 0 saturated heterocycles. The maximum absolute atomic E-state index is 10.7. The van der Waals surface area contributed by atoms with Gasteiger partial charge in [0.2, 0.25) is 0 Å². The molecule has 0 aromatic carbocycles. The Labute approximate surface area is 89.6 Å². The molecular formula is C7H8N7O2-. The number of imidazole rings is 1. The van der Waals surface area contributed by atoms with Gasteiger partial charge in [-0.1, -0.05) is 0 Å². The summed E-state index contributed by atoms with van der Waals surface area (Å²) in [5, 5.41) is 24.6. The Balaban J connectivity index is 2.14. The van der Waals surface area contributed by atoms with Crippen LogP contribution in [0.15, 0.2) is 6.20 Å². The van der Waals surface area contributed by atoms with Crippen molar-refractivity contribution in [3.63, 3.8) is 0 Å². The van der Waals surface area contributed by atoms with E-state index in [1.807, 2.05) is 0 Å². The Bertz CT molecular complexity index is 489. The Hall–Kier alpha value is -2.32. The van der Waals surface area contributed by atoms with Gasteiger partial charge in [-0.05, 0) is 4.92 Å². The number of aromatic nitrogens is 6. The van der Waals surface area contributed by atoms with Gasteiger partial charge in [0.25, 0.3) is 0 Å². The number of hydrogen-bond donors (Lipinski definition) is 0. The monoisotopic (exact) mass is 222 g/mol. The minimum absolute atomic E-state index is 0.0371. The molecule has 0 spiro atoms. The van der Waals surface area contributed by atoms with Crippen LogP contribution >= 0.6 is 0 Å². The smallest absolute Gasteiger partial charge is 0.342 e. The average molecular weight is 222 g/mol. The summed E-state index contributed by atoms with van der Waals surface area (Å²) in [6.45, 7) is 2.09. The molecule has 0 aliphatic carbocycles. The van der Waals surface area contributed by atoms with Crippen LogP contribution in [0.2, 0.25) is 0 Å². The zero-order valence-electron chi connectivity index (χ0n) is 8.44. The first-order valence-electron chi connectivity index (χ1n) is 4.52. The van der Waals surface area contributed by atoms with Crippen LogP contribution in [0.4, 0.5) is 5.82 Å². The molecule has 2 heterocycles. The Kier molecular flexibility index (Phi) is 2.58. The third-order valence-corrected chi connectivity index (χ3v) is 2.14. The second-order valence-corrected chi connectivity index (χ2v) is 3.12. The summed E-state index contributed by atoms with van der Waals surface area (Å²) in [5.74, 6) is 1.01. The topological polar surface area (TPSA) is 114 Å². The van der Waals surface area contributed by atoms with Gasteiger partial charge in [0, 0.05) is 19.2 Å². The van der Waals surface area contributed by atoms with Gasteiger partial charge in [0.05, 0.1) is 6.54 Å². The molecule has 0 unspecified atom stereocenters. The predicted octanol–water partition coefficient (Wildman–Crippen LogP) is -0.515. The molecule has 2 rings (SSSR count). The van der Waals surface area contributed by atoms with E-state index >= 15 is 0 Å². The van der Waals surface area contributed by atoms with Gasteiger partial charge in [0.15, 0.2) is 5.82 Å². The van der Waals surface area contributed by atoms with Gasteiger partial charge in [-0.15, -0.1) is 0 Å². The van der Waals surface area contributed by atoms with Crippen molar-refractivity contribution < 1.29 is 4.92 Å². The van der Waals surface area contributed by atoms with E-state index < -0.39 is 4.92 Å². The van der Waals surface area contributed by atoms with E-state index in [4.69, 9.17) is 0 Å². The highest BCUT2D eigenvalue weighted by atomic mass is 16.6. The number of nitro groups is 1. The second kappa shape index (κ2) is 4.04. The number of hydrogen-bond acceptors (Lipinski definition) is 6. The van der Waals surface area contributed by atoms with Crippen LogP contribution in [0.25, 0.3) is 0 Å². The Morgan fingerprint density at radius 1 is 1.62 bits per heavy atom. The average Bonchev–Trinajstić information content (AvgIpc) is 2.84. The highest BCUT2D eigenvalue weighted by Crippen LogP contribution is 2.13. The molecule has 0 radical (unpaired) electrons. The lowest BCUT2D eigenvalue weighted by Crippen LogP contribution is -2.08. The van der Waals surface area contributed by atoms with Crippen molar-refractivity contribution in [1.29, 1.82) is 0 Å². The summed E-state index contributed by atoms with van der Waals surface area (Å²) in [5.41, 5.74) is 0. The van der Waals surface area contributed by atoms with E-state index in [0.29, 0.717) is 24.6 Å². The Morgan fingerprint density at radius 3 is 3.06 bits per heavy atom. The zero-order chi connectivity index (χ0) is 11.5. The van der Waals surface area contributed by atoms with Crippen LogP contribution in [0.5, 0.6) is 0 Å². The molecule has 16 heavy (non-hydrogen) atoms. The first kappa shape index (κ1) is 10.2. The van der Waals surface area contributed by atoms with Crippen LogP contribution in [-0.2, 0) is 13.0 Å². The molecule has 9 heteroatoms. The Morgan fingerprint density at radius 2 is 2.44 bits per heavy atom. The summed E-state index contributed by atoms with van der Waals surface area (Å²) in [6, 6.07) is 0. The maximum Gasteiger partial charge on any atom is 0.342 e. The lowest BCUT2D eigenvalue weighted by molar-refractivity contribution is -0.392. The second-order valence-electron chi connectivity index (χ2n) is 3.12. The van der Waals surface area contributed by atoms with Gasteiger partial charge in [-0.2, -0.15) is 5.21 Å². The molecule has 0 amide bonds. The molecule has 0 aliphatic heterocycles. The van der Waals surface area contributed by atoms with Crippen LogP contribution < -0.4 is 5.10 Å². The predicted molar refractivity (Wildman–Crippen MR) is 50.5 cm³/mol. The standard InChI is InChI=1S/C7H8N7O2/c1-5-8-4-7(14(15)16)13(5)3-2-6-9-11-12-10-6/h4H,2-3H2,1H3/q-1. The molecule has 0 bridgehead atoms. The lowest BCUT2D eigenvalue weighted by Gasteiger charge is -2.02. The molecule has 0 atom stereocenters. The first-order valence-corrected chi connectivity index (χ1v) is 4.52. The van der Waals surface area contributed by atoms with E-state index in [2.05, 4.69) is 25.6 Å². The summed E-state index contributed by atoms with van der Waals surface area (Å²) in [6.07, 6.45) is 1.67. The highest BCUT2D eigenvalue weighted by Gasteiger charge is 2.16.